The lowest BCUT2D eigenvalue weighted by atomic mass is 10.3. The first-order valence-electron chi connectivity index (χ1n) is 6.08. The van der Waals surface area contributed by atoms with Crippen molar-refractivity contribution in [3.63, 3.8) is 0 Å². The summed E-state index contributed by atoms with van der Waals surface area (Å²) in [7, 11) is 0. The molecule has 0 radical (unpaired) electrons. The quantitative estimate of drug-likeness (QED) is 0.792. The monoisotopic (exact) mass is 270 g/mol. The molecule has 1 aromatic rings. The summed E-state index contributed by atoms with van der Waals surface area (Å²) in [6, 6.07) is 0. The number of nitrogens with zero attached hydrogens (tertiary/aromatic N) is 2. The molecule has 1 unspecified atom stereocenters. The Hall–Kier alpha value is -1.17. The minimum Gasteiger partial charge on any atom is -0.473 e. The molecule has 0 fully saturated rings. The lowest BCUT2D eigenvalue weighted by Crippen LogP contribution is -2.13. The molecule has 1 atom stereocenters. The SMILES string of the molecule is CSC(C)CCNc1ncnc(OC(C)C)c1N. The molecule has 0 spiro atoms. The van der Waals surface area contributed by atoms with Gasteiger partial charge < -0.3 is 15.8 Å². The molecule has 1 heterocycles. The highest BCUT2D eigenvalue weighted by Gasteiger charge is 2.10. The van der Waals surface area contributed by atoms with Crippen LogP contribution >= 0.6 is 11.8 Å². The van der Waals surface area contributed by atoms with Crippen molar-refractivity contribution in [2.75, 3.05) is 23.9 Å². The normalized spacial score (nSPS) is 12.5. The van der Waals surface area contributed by atoms with Crippen molar-refractivity contribution in [2.45, 2.75) is 38.5 Å². The van der Waals surface area contributed by atoms with Crippen molar-refractivity contribution < 1.29 is 4.74 Å². The Balaban J connectivity index is 2.60. The molecule has 0 aliphatic heterocycles. The maximum absolute atomic E-state index is 5.96. The largest absolute Gasteiger partial charge is 0.473 e. The highest BCUT2D eigenvalue weighted by Crippen LogP contribution is 2.25. The molecule has 0 saturated heterocycles. The number of anilines is 2. The summed E-state index contributed by atoms with van der Waals surface area (Å²) in [4.78, 5) is 8.17. The molecule has 0 aliphatic carbocycles. The second-order valence-corrected chi connectivity index (χ2v) is 5.65. The van der Waals surface area contributed by atoms with Crippen LogP contribution < -0.4 is 15.8 Å². The van der Waals surface area contributed by atoms with E-state index in [1.54, 1.807) is 0 Å². The van der Waals surface area contributed by atoms with Crippen molar-refractivity contribution in [2.24, 2.45) is 0 Å². The molecule has 18 heavy (non-hydrogen) atoms. The maximum Gasteiger partial charge on any atom is 0.242 e. The molecular formula is C12H22N4OS. The number of hydrogen-bond donors (Lipinski definition) is 2. The predicted octanol–water partition coefficient (Wildman–Crippen LogP) is 2.40. The summed E-state index contributed by atoms with van der Waals surface area (Å²) in [6.07, 6.45) is 4.68. The van der Waals surface area contributed by atoms with E-state index in [0.29, 0.717) is 22.6 Å². The first kappa shape index (κ1) is 14.9. The topological polar surface area (TPSA) is 73.1 Å². The van der Waals surface area contributed by atoms with E-state index in [1.165, 1.54) is 6.33 Å². The van der Waals surface area contributed by atoms with Crippen LogP contribution in [0, 0.1) is 0 Å². The zero-order valence-electron chi connectivity index (χ0n) is 11.4. The molecule has 0 amide bonds. The van der Waals surface area contributed by atoms with Crippen LogP contribution in [0.2, 0.25) is 0 Å². The standard InChI is InChI=1S/C12H22N4OS/c1-8(2)17-12-10(13)11(15-7-16-12)14-6-5-9(3)18-4/h7-9H,5-6,13H2,1-4H3,(H,14,15,16). The first-order chi connectivity index (χ1) is 8.54. The minimum atomic E-state index is 0.0477. The van der Waals surface area contributed by atoms with Crippen LogP contribution in [0.3, 0.4) is 0 Å². The Labute approximate surface area is 113 Å². The average molecular weight is 270 g/mol. The van der Waals surface area contributed by atoms with Crippen LogP contribution in [0.5, 0.6) is 5.88 Å². The van der Waals surface area contributed by atoms with Crippen molar-refractivity contribution >= 4 is 23.3 Å². The summed E-state index contributed by atoms with van der Waals surface area (Å²) in [5, 5.41) is 3.84. The molecule has 0 bridgehead atoms. The van der Waals surface area contributed by atoms with Crippen molar-refractivity contribution in [3.05, 3.63) is 6.33 Å². The highest BCUT2D eigenvalue weighted by molar-refractivity contribution is 7.99. The van der Waals surface area contributed by atoms with Gasteiger partial charge in [-0.3, -0.25) is 0 Å². The Morgan fingerprint density at radius 1 is 1.39 bits per heavy atom. The van der Waals surface area contributed by atoms with E-state index in [9.17, 15) is 0 Å². The summed E-state index contributed by atoms with van der Waals surface area (Å²) in [5.74, 6) is 1.09. The molecule has 1 aromatic heterocycles. The van der Waals surface area contributed by atoms with Gasteiger partial charge in [-0.05, 0) is 26.5 Å². The molecule has 102 valence electrons. The first-order valence-corrected chi connectivity index (χ1v) is 7.37. The third-order valence-electron chi connectivity index (χ3n) is 2.44. The van der Waals surface area contributed by atoms with E-state index in [1.807, 2.05) is 25.6 Å². The number of thioether (sulfide) groups is 1. The Morgan fingerprint density at radius 2 is 2.11 bits per heavy atom. The van der Waals surface area contributed by atoms with Crippen molar-refractivity contribution in [1.29, 1.82) is 0 Å². The van der Waals surface area contributed by atoms with E-state index in [2.05, 4.69) is 28.5 Å². The van der Waals surface area contributed by atoms with Crippen LogP contribution in [-0.4, -0.2) is 34.1 Å². The predicted molar refractivity (Wildman–Crippen MR) is 78.3 cm³/mol. The van der Waals surface area contributed by atoms with Gasteiger partial charge in [-0.2, -0.15) is 16.7 Å². The second-order valence-electron chi connectivity index (χ2n) is 4.37. The number of nitrogen functional groups attached to an aromatic ring is 1. The molecule has 0 aromatic carbocycles. The van der Waals surface area contributed by atoms with Gasteiger partial charge in [-0.25, -0.2) is 4.98 Å². The van der Waals surface area contributed by atoms with Gasteiger partial charge in [0, 0.05) is 11.8 Å². The summed E-state index contributed by atoms with van der Waals surface area (Å²) < 4.78 is 5.51. The molecule has 0 saturated carbocycles. The Bertz CT molecular complexity index is 373. The highest BCUT2D eigenvalue weighted by atomic mass is 32.2. The molecular weight excluding hydrogens is 248 g/mol. The summed E-state index contributed by atoms with van der Waals surface area (Å²) >= 11 is 1.85. The van der Waals surface area contributed by atoms with Gasteiger partial charge in [-0.1, -0.05) is 6.92 Å². The zero-order valence-corrected chi connectivity index (χ0v) is 12.3. The van der Waals surface area contributed by atoms with Gasteiger partial charge in [0.2, 0.25) is 5.88 Å². The number of rotatable bonds is 7. The fourth-order valence-electron chi connectivity index (χ4n) is 1.35. The van der Waals surface area contributed by atoms with E-state index in [0.717, 1.165) is 13.0 Å². The van der Waals surface area contributed by atoms with Crippen molar-refractivity contribution in [1.82, 2.24) is 9.97 Å². The number of aromatic nitrogens is 2. The van der Waals surface area contributed by atoms with Crippen LogP contribution in [0.25, 0.3) is 0 Å². The average Bonchev–Trinajstić information content (AvgIpc) is 2.33. The zero-order chi connectivity index (χ0) is 13.5. The van der Waals surface area contributed by atoms with E-state index in [4.69, 9.17) is 10.5 Å². The van der Waals surface area contributed by atoms with Gasteiger partial charge >= 0.3 is 0 Å². The van der Waals surface area contributed by atoms with Crippen LogP contribution in [0.4, 0.5) is 11.5 Å². The number of nitrogens with two attached hydrogens (primary N) is 1. The van der Waals surface area contributed by atoms with E-state index < -0.39 is 0 Å². The summed E-state index contributed by atoms with van der Waals surface area (Å²) in [5.41, 5.74) is 6.44. The summed E-state index contributed by atoms with van der Waals surface area (Å²) in [6.45, 7) is 6.91. The number of ether oxygens (including phenoxy) is 1. The third-order valence-corrected chi connectivity index (χ3v) is 3.48. The molecule has 1 rings (SSSR count). The smallest absolute Gasteiger partial charge is 0.242 e. The van der Waals surface area contributed by atoms with Gasteiger partial charge in [0.15, 0.2) is 5.82 Å². The molecule has 5 nitrogen and oxygen atoms in total. The Kier molecular flexibility index (Phi) is 6.04. The second kappa shape index (κ2) is 7.31. The van der Waals surface area contributed by atoms with Crippen LogP contribution in [0.1, 0.15) is 27.2 Å². The van der Waals surface area contributed by atoms with Gasteiger partial charge in [0.05, 0.1) is 6.10 Å². The lowest BCUT2D eigenvalue weighted by molar-refractivity contribution is 0.234. The number of nitrogens with one attached hydrogen (secondary N) is 1. The van der Waals surface area contributed by atoms with Gasteiger partial charge in [0.1, 0.15) is 12.0 Å². The molecule has 0 aliphatic rings. The fraction of sp³-hybridized carbons (Fsp3) is 0.667. The fourth-order valence-corrected chi connectivity index (χ4v) is 1.70. The van der Waals surface area contributed by atoms with E-state index >= 15 is 0 Å². The lowest BCUT2D eigenvalue weighted by Gasteiger charge is -2.14. The van der Waals surface area contributed by atoms with Crippen LogP contribution in [-0.2, 0) is 0 Å². The van der Waals surface area contributed by atoms with Gasteiger partial charge in [-0.15, -0.1) is 0 Å². The maximum atomic E-state index is 5.96. The number of hydrogen-bond acceptors (Lipinski definition) is 6. The third kappa shape index (κ3) is 4.60. The molecule has 6 heteroatoms. The minimum absolute atomic E-state index is 0.0477. The van der Waals surface area contributed by atoms with Crippen LogP contribution in [0.15, 0.2) is 6.33 Å². The molecule has 3 N–H and O–H groups in total. The van der Waals surface area contributed by atoms with E-state index in [-0.39, 0.29) is 6.10 Å². The van der Waals surface area contributed by atoms with Crippen molar-refractivity contribution in [3.8, 4) is 5.88 Å². The van der Waals surface area contributed by atoms with Gasteiger partial charge in [0.25, 0.3) is 0 Å². The Morgan fingerprint density at radius 3 is 2.72 bits per heavy atom.